The lowest BCUT2D eigenvalue weighted by atomic mass is 10.0. The van der Waals surface area contributed by atoms with E-state index in [9.17, 15) is 28.4 Å². The van der Waals surface area contributed by atoms with E-state index < -0.39 is 59.3 Å². The van der Waals surface area contributed by atoms with E-state index in [1.165, 1.54) is 0 Å². The number of esters is 1. The predicted octanol–water partition coefficient (Wildman–Crippen LogP) is 2.90. The average molecular weight is 435 g/mol. The minimum Gasteiger partial charge on any atom is -0.456 e. The maximum atomic E-state index is 13.8. The second-order valence-corrected chi connectivity index (χ2v) is 7.64. The van der Waals surface area contributed by atoms with Crippen LogP contribution in [0.2, 0.25) is 0 Å². The molecule has 0 aliphatic rings. The first-order chi connectivity index (χ1) is 14.1. The zero-order valence-electron chi connectivity index (χ0n) is 16.4. The number of carbonyl (C=O) groups excluding carboxylic acids is 3. The fourth-order valence-electron chi connectivity index (χ4n) is 2.51. The SMILES string of the molecule is Cc1csc([C@H](C#N)C(=O)COC(=O)[C@H](NC(=O)c2c(F)cccc2F)C(C)C)n1. The fraction of sp³-hybridized carbons (Fsp3) is 0.350. The highest BCUT2D eigenvalue weighted by atomic mass is 32.1. The molecule has 0 fully saturated rings. The summed E-state index contributed by atoms with van der Waals surface area (Å²) in [5, 5.41) is 13.5. The van der Waals surface area contributed by atoms with Gasteiger partial charge in [0.2, 0.25) is 0 Å². The minimum atomic E-state index is -1.26. The molecule has 2 aromatic rings. The van der Waals surface area contributed by atoms with Crippen molar-refractivity contribution in [2.45, 2.75) is 32.7 Å². The van der Waals surface area contributed by atoms with Crippen LogP contribution in [0, 0.1) is 35.8 Å². The number of Topliss-reactive ketones (excluding diaryl/α,β-unsaturated/α-hetero) is 1. The van der Waals surface area contributed by atoms with Crippen LogP contribution in [-0.2, 0) is 14.3 Å². The summed E-state index contributed by atoms with van der Waals surface area (Å²) < 4.78 is 32.6. The van der Waals surface area contributed by atoms with Crippen LogP contribution in [0.25, 0.3) is 0 Å². The van der Waals surface area contributed by atoms with Crippen molar-refractivity contribution in [3.63, 3.8) is 0 Å². The number of ether oxygens (including phenoxy) is 1. The summed E-state index contributed by atoms with van der Waals surface area (Å²) in [7, 11) is 0. The number of benzene rings is 1. The molecule has 0 spiro atoms. The van der Waals surface area contributed by atoms with Gasteiger partial charge in [-0.2, -0.15) is 5.26 Å². The molecular formula is C20H19F2N3O4S. The molecule has 10 heteroatoms. The Morgan fingerprint density at radius 1 is 1.27 bits per heavy atom. The number of nitrogens with zero attached hydrogens (tertiary/aromatic N) is 2. The van der Waals surface area contributed by atoms with Gasteiger partial charge in [-0.05, 0) is 25.0 Å². The highest BCUT2D eigenvalue weighted by molar-refractivity contribution is 7.09. The molecule has 1 amide bonds. The summed E-state index contributed by atoms with van der Waals surface area (Å²) >= 11 is 1.14. The summed E-state index contributed by atoms with van der Waals surface area (Å²) in [5.41, 5.74) is -0.168. The van der Waals surface area contributed by atoms with Gasteiger partial charge in [-0.1, -0.05) is 19.9 Å². The van der Waals surface area contributed by atoms with Crippen LogP contribution in [0.3, 0.4) is 0 Å². The Labute approximate surface area is 175 Å². The fourth-order valence-corrected chi connectivity index (χ4v) is 3.37. The van der Waals surface area contributed by atoms with Crippen molar-refractivity contribution >= 4 is 29.0 Å². The van der Waals surface area contributed by atoms with Gasteiger partial charge < -0.3 is 10.1 Å². The minimum absolute atomic E-state index is 0.291. The number of nitrogens with one attached hydrogen (secondary N) is 1. The Morgan fingerprint density at radius 3 is 2.40 bits per heavy atom. The lowest BCUT2D eigenvalue weighted by molar-refractivity contribution is -0.151. The monoisotopic (exact) mass is 435 g/mol. The number of amides is 1. The molecule has 0 unspecified atom stereocenters. The lowest BCUT2D eigenvalue weighted by Gasteiger charge is -2.21. The molecule has 0 saturated carbocycles. The Kier molecular flexibility index (Phi) is 7.72. The molecule has 158 valence electrons. The molecule has 0 aliphatic heterocycles. The van der Waals surface area contributed by atoms with Gasteiger partial charge in [0, 0.05) is 11.1 Å². The van der Waals surface area contributed by atoms with Gasteiger partial charge in [-0.25, -0.2) is 18.6 Å². The number of rotatable bonds is 8. The number of carbonyl (C=O) groups is 3. The quantitative estimate of drug-likeness (QED) is 0.639. The molecule has 1 heterocycles. The molecular weight excluding hydrogens is 416 g/mol. The van der Waals surface area contributed by atoms with Crippen molar-refractivity contribution in [3.05, 3.63) is 51.5 Å². The highest BCUT2D eigenvalue weighted by Crippen LogP contribution is 2.21. The van der Waals surface area contributed by atoms with Crippen molar-refractivity contribution < 1.29 is 27.9 Å². The van der Waals surface area contributed by atoms with Crippen LogP contribution in [0.1, 0.15) is 40.8 Å². The number of hydrogen-bond donors (Lipinski definition) is 1. The first kappa shape index (κ1) is 23.1. The second-order valence-electron chi connectivity index (χ2n) is 6.76. The standard InChI is InChI=1S/C20H19F2N3O4S/c1-10(2)17(25-18(27)16-13(21)5-4-6-14(16)22)20(28)29-8-15(26)12(7-23)19-24-11(3)9-30-19/h4-6,9-10,12,17H,8H2,1-3H3,(H,25,27)/t12-,17-/m1/s1. The van der Waals surface area contributed by atoms with E-state index in [4.69, 9.17) is 4.74 Å². The molecule has 2 atom stereocenters. The summed E-state index contributed by atoms with van der Waals surface area (Å²) in [5.74, 6) is -6.59. The van der Waals surface area contributed by atoms with Gasteiger partial charge >= 0.3 is 5.97 Å². The zero-order valence-corrected chi connectivity index (χ0v) is 17.3. The van der Waals surface area contributed by atoms with E-state index in [0.29, 0.717) is 10.7 Å². The number of halogens is 2. The third-order valence-electron chi connectivity index (χ3n) is 4.09. The molecule has 2 rings (SSSR count). The lowest BCUT2D eigenvalue weighted by Crippen LogP contribution is -2.46. The maximum Gasteiger partial charge on any atom is 0.329 e. The molecule has 0 aliphatic carbocycles. The molecule has 1 N–H and O–H groups in total. The van der Waals surface area contributed by atoms with Gasteiger partial charge in [0.1, 0.15) is 28.2 Å². The van der Waals surface area contributed by atoms with Crippen LogP contribution in [0.4, 0.5) is 8.78 Å². The summed E-state index contributed by atoms with van der Waals surface area (Å²) in [4.78, 5) is 41.1. The number of ketones is 1. The Morgan fingerprint density at radius 2 is 1.90 bits per heavy atom. The number of aryl methyl sites for hydroxylation is 1. The van der Waals surface area contributed by atoms with Crippen molar-refractivity contribution in [3.8, 4) is 6.07 Å². The third-order valence-corrected chi connectivity index (χ3v) is 5.12. The summed E-state index contributed by atoms with van der Waals surface area (Å²) in [6.07, 6.45) is 0. The summed E-state index contributed by atoms with van der Waals surface area (Å²) in [6.45, 7) is 4.18. The highest BCUT2D eigenvalue weighted by Gasteiger charge is 2.30. The average Bonchev–Trinajstić information content (AvgIpc) is 3.10. The van der Waals surface area contributed by atoms with Crippen LogP contribution in [0.15, 0.2) is 23.6 Å². The largest absolute Gasteiger partial charge is 0.456 e. The van der Waals surface area contributed by atoms with E-state index in [2.05, 4.69) is 10.3 Å². The number of thiazole rings is 1. The third kappa shape index (κ3) is 5.45. The van der Waals surface area contributed by atoms with E-state index >= 15 is 0 Å². The first-order valence-electron chi connectivity index (χ1n) is 8.91. The molecule has 30 heavy (non-hydrogen) atoms. The Bertz CT molecular complexity index is 980. The van der Waals surface area contributed by atoms with Crippen molar-refractivity contribution in [1.29, 1.82) is 5.26 Å². The predicted molar refractivity (Wildman–Crippen MR) is 104 cm³/mol. The van der Waals surface area contributed by atoms with Crippen LogP contribution in [-0.4, -0.2) is 35.3 Å². The Hall–Kier alpha value is -3.19. The number of nitriles is 1. The topological polar surface area (TPSA) is 109 Å². The van der Waals surface area contributed by atoms with E-state index in [-0.39, 0.29) is 0 Å². The normalized spacial score (nSPS) is 12.7. The van der Waals surface area contributed by atoms with Crippen molar-refractivity contribution in [2.75, 3.05) is 6.61 Å². The van der Waals surface area contributed by atoms with Gasteiger partial charge in [0.15, 0.2) is 18.3 Å². The van der Waals surface area contributed by atoms with Crippen molar-refractivity contribution in [1.82, 2.24) is 10.3 Å². The Balaban J connectivity index is 2.06. The van der Waals surface area contributed by atoms with Gasteiger partial charge in [-0.15, -0.1) is 11.3 Å². The smallest absolute Gasteiger partial charge is 0.329 e. The first-order valence-corrected chi connectivity index (χ1v) is 9.79. The van der Waals surface area contributed by atoms with Gasteiger partial charge in [0.05, 0.1) is 6.07 Å². The molecule has 1 aromatic heterocycles. The van der Waals surface area contributed by atoms with Crippen molar-refractivity contribution in [2.24, 2.45) is 5.92 Å². The second kappa shape index (κ2) is 10.0. The molecule has 0 saturated heterocycles. The van der Waals surface area contributed by atoms with E-state index in [0.717, 1.165) is 29.5 Å². The maximum absolute atomic E-state index is 13.8. The van der Waals surface area contributed by atoms with Crippen LogP contribution < -0.4 is 5.32 Å². The zero-order chi connectivity index (χ0) is 22.4. The molecule has 1 aromatic carbocycles. The van der Waals surface area contributed by atoms with E-state index in [1.807, 2.05) is 6.07 Å². The number of aromatic nitrogens is 1. The molecule has 7 nitrogen and oxygen atoms in total. The van der Waals surface area contributed by atoms with Gasteiger partial charge in [0.25, 0.3) is 5.91 Å². The van der Waals surface area contributed by atoms with Crippen LogP contribution >= 0.6 is 11.3 Å². The summed E-state index contributed by atoms with van der Waals surface area (Å²) in [6, 6.07) is 3.51. The van der Waals surface area contributed by atoms with Crippen LogP contribution in [0.5, 0.6) is 0 Å². The number of hydrogen-bond acceptors (Lipinski definition) is 7. The van der Waals surface area contributed by atoms with Gasteiger partial charge in [-0.3, -0.25) is 9.59 Å². The van der Waals surface area contributed by atoms with E-state index in [1.54, 1.807) is 26.2 Å². The molecule has 0 bridgehead atoms. The molecule has 0 radical (unpaired) electrons.